The number of hydrogen-bond acceptors (Lipinski definition) is 9. The van der Waals surface area contributed by atoms with Crippen LogP contribution in [0.25, 0.3) is 0 Å². The Hall–Kier alpha value is -3.93. The maximum Gasteiger partial charge on any atom is 0.425 e. The Morgan fingerprint density at radius 3 is 2.30 bits per heavy atom. The number of benzene rings is 1. The number of aliphatic hydroxyl groups is 2. The monoisotopic (exact) mass is 813 g/mol. The predicted octanol–water partition coefficient (Wildman–Crippen LogP) is 7.79. The van der Waals surface area contributed by atoms with Crippen LogP contribution in [0.4, 0.5) is 26.3 Å². The van der Waals surface area contributed by atoms with Crippen molar-refractivity contribution < 1.29 is 60.7 Å². The molecule has 1 aliphatic carbocycles. The van der Waals surface area contributed by atoms with Gasteiger partial charge >= 0.3 is 18.3 Å². The van der Waals surface area contributed by atoms with Gasteiger partial charge < -0.3 is 29.7 Å². The number of carboxylic acid groups (broad SMARTS) is 1. The topological polar surface area (TPSA) is 133 Å². The summed E-state index contributed by atoms with van der Waals surface area (Å²) in [6.45, 7) is 1.82. The molecule has 1 amide bonds. The summed E-state index contributed by atoms with van der Waals surface area (Å²) in [6, 6.07) is 8.57. The molecule has 56 heavy (non-hydrogen) atoms. The van der Waals surface area contributed by atoms with E-state index in [0.717, 1.165) is 29.8 Å². The summed E-state index contributed by atoms with van der Waals surface area (Å²) in [5.74, 6) is -1.68. The molecule has 0 spiro atoms. The number of piperidine rings is 2. The highest BCUT2D eigenvalue weighted by Crippen LogP contribution is 2.46. The molecule has 2 aromatic heterocycles. The zero-order valence-electron chi connectivity index (χ0n) is 30.7. The van der Waals surface area contributed by atoms with Crippen LogP contribution in [0.15, 0.2) is 54.0 Å². The molecule has 3 fully saturated rings. The van der Waals surface area contributed by atoms with Crippen molar-refractivity contribution in [2.75, 3.05) is 19.6 Å². The van der Waals surface area contributed by atoms with Crippen LogP contribution in [0, 0.1) is 5.92 Å². The second-order valence-electron chi connectivity index (χ2n) is 14.8. The fraction of sp³-hybridized carbons (Fsp3) is 0.564. The number of aliphatic hydroxyl groups excluding tert-OH is 1. The van der Waals surface area contributed by atoms with Gasteiger partial charge in [-0.1, -0.05) is 31.5 Å². The third-order valence-electron chi connectivity index (χ3n) is 11.3. The number of pyridine rings is 1. The number of likely N-dealkylation sites (tertiary alicyclic amines) is 2. The first-order valence-corrected chi connectivity index (χ1v) is 19.7. The van der Waals surface area contributed by atoms with Gasteiger partial charge in [-0.25, -0.2) is 0 Å². The van der Waals surface area contributed by atoms with E-state index in [1.807, 2.05) is 0 Å². The van der Waals surface area contributed by atoms with Crippen LogP contribution in [0.1, 0.15) is 99.1 Å². The van der Waals surface area contributed by atoms with Gasteiger partial charge in [0.05, 0.1) is 34.9 Å². The molecule has 3 N–H and O–H groups in total. The number of amides is 1. The van der Waals surface area contributed by atoms with Crippen molar-refractivity contribution in [2.24, 2.45) is 5.92 Å². The Labute approximate surface area is 324 Å². The normalized spacial score (nSPS) is 25.4. The Balaban J connectivity index is 1.29. The lowest BCUT2D eigenvalue weighted by atomic mass is 9.78. The number of rotatable bonds is 11. The molecular formula is C39H45F6N3O7S. The van der Waals surface area contributed by atoms with Crippen LogP contribution in [0.2, 0.25) is 0 Å². The van der Waals surface area contributed by atoms with Crippen molar-refractivity contribution in [3.63, 3.8) is 0 Å². The van der Waals surface area contributed by atoms with Gasteiger partial charge in [-0.15, -0.1) is 11.3 Å². The second kappa shape index (κ2) is 16.5. The van der Waals surface area contributed by atoms with Crippen LogP contribution in [-0.4, -0.2) is 79.4 Å². The number of alkyl halides is 6. The molecule has 0 radical (unpaired) electrons. The van der Waals surface area contributed by atoms with E-state index < -0.39 is 69.8 Å². The van der Waals surface area contributed by atoms with Gasteiger partial charge in [-0.05, 0) is 76.0 Å². The summed E-state index contributed by atoms with van der Waals surface area (Å²) in [5, 5.41) is 34.2. The summed E-state index contributed by atoms with van der Waals surface area (Å²) in [7, 11) is 0. The Morgan fingerprint density at radius 1 is 0.982 bits per heavy atom. The SMILES string of the molecule is CCC[C@H]1N(C(O)c2ncccc2C(F)(F)F)CCC[C@@]1(Oc1csc(C(F)(F)F)c1)C(=O)N1CCC(O)(c2ccccc2OC2CCC(C(=O)O)CC2)CC1. The lowest BCUT2D eigenvalue weighted by molar-refractivity contribution is -0.177. The van der Waals surface area contributed by atoms with Crippen LogP contribution in [0.3, 0.4) is 0 Å². The Kier molecular flexibility index (Phi) is 12.3. The minimum absolute atomic E-state index is 0.00417. The third kappa shape index (κ3) is 8.65. The summed E-state index contributed by atoms with van der Waals surface area (Å²) in [4.78, 5) is 32.1. The minimum atomic E-state index is -4.86. The first kappa shape index (κ1) is 41.7. The molecule has 4 heterocycles. The molecule has 0 bridgehead atoms. The first-order valence-electron chi connectivity index (χ1n) is 18.8. The summed E-state index contributed by atoms with van der Waals surface area (Å²) in [6.07, 6.45) is -7.87. The fourth-order valence-electron chi connectivity index (χ4n) is 8.42. The van der Waals surface area contributed by atoms with E-state index >= 15 is 0 Å². The van der Waals surface area contributed by atoms with Crippen molar-refractivity contribution in [2.45, 2.75) is 113 Å². The Bertz CT molecular complexity index is 1840. The van der Waals surface area contributed by atoms with Crippen molar-refractivity contribution in [3.8, 4) is 11.5 Å². The minimum Gasteiger partial charge on any atom is -0.490 e. The maximum atomic E-state index is 15.0. The van der Waals surface area contributed by atoms with Gasteiger partial charge in [0.2, 0.25) is 5.60 Å². The molecule has 2 aliphatic heterocycles. The average Bonchev–Trinajstić information content (AvgIpc) is 3.65. The van der Waals surface area contributed by atoms with Gasteiger partial charge in [-0.3, -0.25) is 19.5 Å². The summed E-state index contributed by atoms with van der Waals surface area (Å²) >= 11 is 0.383. The van der Waals surface area contributed by atoms with Gasteiger partial charge in [-0.2, -0.15) is 26.3 Å². The molecule has 17 heteroatoms. The van der Waals surface area contributed by atoms with Gasteiger partial charge in [0.1, 0.15) is 16.4 Å². The molecule has 1 aromatic carbocycles. The molecule has 10 nitrogen and oxygen atoms in total. The number of hydrogen-bond donors (Lipinski definition) is 3. The average molecular weight is 814 g/mol. The second-order valence-corrected chi connectivity index (χ2v) is 15.8. The molecule has 1 saturated carbocycles. The lowest BCUT2D eigenvalue weighted by Gasteiger charge is -2.52. The van der Waals surface area contributed by atoms with E-state index in [1.54, 1.807) is 31.2 Å². The van der Waals surface area contributed by atoms with Gasteiger partial charge in [0, 0.05) is 42.8 Å². The fourth-order valence-corrected chi connectivity index (χ4v) is 9.10. The van der Waals surface area contributed by atoms with Crippen LogP contribution < -0.4 is 9.47 Å². The molecule has 2 saturated heterocycles. The molecule has 6 rings (SSSR count). The van der Waals surface area contributed by atoms with Crippen LogP contribution >= 0.6 is 11.3 Å². The predicted molar refractivity (Wildman–Crippen MR) is 192 cm³/mol. The zero-order valence-corrected chi connectivity index (χ0v) is 31.5. The molecule has 1 unspecified atom stereocenters. The quantitative estimate of drug-likeness (QED) is 0.166. The highest BCUT2D eigenvalue weighted by atomic mass is 32.1. The number of carbonyl (C=O) groups is 2. The largest absolute Gasteiger partial charge is 0.490 e. The highest BCUT2D eigenvalue weighted by molar-refractivity contribution is 7.10. The summed E-state index contributed by atoms with van der Waals surface area (Å²) in [5.41, 5.74) is -4.70. The van der Waals surface area contributed by atoms with Gasteiger partial charge in [0.25, 0.3) is 5.91 Å². The smallest absolute Gasteiger partial charge is 0.425 e. The van der Waals surface area contributed by atoms with Gasteiger partial charge in [0.15, 0.2) is 6.23 Å². The van der Waals surface area contributed by atoms with Crippen molar-refractivity contribution in [1.29, 1.82) is 0 Å². The number of aromatic nitrogens is 1. The number of carbonyl (C=O) groups excluding carboxylic acids is 1. The van der Waals surface area contributed by atoms with E-state index in [1.165, 1.54) is 9.80 Å². The summed E-state index contributed by atoms with van der Waals surface area (Å²) < 4.78 is 96.2. The third-order valence-corrected chi connectivity index (χ3v) is 12.2. The van der Waals surface area contributed by atoms with E-state index in [4.69, 9.17) is 9.47 Å². The number of thiophene rings is 1. The van der Waals surface area contributed by atoms with E-state index in [0.29, 0.717) is 54.8 Å². The molecule has 3 aliphatic rings. The number of aliphatic carboxylic acids is 1. The number of halogens is 6. The van der Waals surface area contributed by atoms with E-state index in [-0.39, 0.29) is 63.6 Å². The van der Waals surface area contributed by atoms with Crippen molar-refractivity contribution >= 4 is 23.2 Å². The first-order chi connectivity index (χ1) is 26.5. The van der Waals surface area contributed by atoms with Crippen LogP contribution in [-0.2, 0) is 27.5 Å². The van der Waals surface area contributed by atoms with E-state index in [2.05, 4.69) is 4.98 Å². The van der Waals surface area contributed by atoms with Crippen molar-refractivity contribution in [3.05, 3.63) is 75.7 Å². The molecule has 306 valence electrons. The number of para-hydroxylation sites is 1. The lowest BCUT2D eigenvalue weighted by Crippen LogP contribution is -2.68. The van der Waals surface area contributed by atoms with Crippen molar-refractivity contribution in [1.82, 2.24) is 14.8 Å². The molecule has 3 atom stereocenters. The molecular weight excluding hydrogens is 768 g/mol. The molecule has 3 aromatic rings. The van der Waals surface area contributed by atoms with E-state index in [9.17, 15) is 51.3 Å². The standard InChI is InChI=1S/C39H45F6N3O7S/c1-2-7-30-37(55-26-22-31(56-23-26)39(43,44)45,15-6-19-48(30)33(49)32-28(38(40,41)42)9-5-18-46-32)35(52)47-20-16-36(53,17-21-47)27-8-3-4-10-29(27)54-25-13-11-24(12-14-25)34(50)51/h3-5,8-10,18,22-25,30,33,49,53H,2,6-7,11-17,19-21H2,1H3,(H,50,51)/t24?,25?,30-,33?,37+/m1/s1. The number of carboxylic acids is 1. The highest BCUT2D eigenvalue weighted by Gasteiger charge is 2.57. The maximum absolute atomic E-state index is 15.0. The van der Waals surface area contributed by atoms with Crippen LogP contribution in [0.5, 0.6) is 11.5 Å². The zero-order chi connectivity index (χ0) is 40.5. The number of ether oxygens (including phenoxy) is 2. The Morgan fingerprint density at radius 2 is 1.68 bits per heavy atom. The number of nitrogens with zero attached hydrogens (tertiary/aromatic N) is 3.